The lowest BCUT2D eigenvalue weighted by atomic mass is 10.2. The first kappa shape index (κ1) is 17.1. The van der Waals surface area contributed by atoms with E-state index in [1.54, 1.807) is 0 Å². The van der Waals surface area contributed by atoms with Crippen LogP contribution in [-0.2, 0) is 6.42 Å². The van der Waals surface area contributed by atoms with Gasteiger partial charge in [-0.1, -0.05) is 13.3 Å². The number of hydrogen-bond donors (Lipinski definition) is 3. The standard InChI is InChI=1S/C20H25N5/c1-2-3-17-10-18(8-9-22-17)24-13-16(11-21)20-7-6-19(14-25-20)23-12-15-4-5-15/h6-11,13-15,21,23H,2-5,12H2,1H3,(H,22,24)/b16-13+,21-11?. The van der Waals surface area contributed by atoms with Crippen molar-refractivity contribution < 1.29 is 0 Å². The van der Waals surface area contributed by atoms with Crippen LogP contribution in [0.1, 0.15) is 37.6 Å². The summed E-state index contributed by atoms with van der Waals surface area (Å²) in [6.45, 7) is 3.17. The molecule has 2 aromatic heterocycles. The van der Waals surface area contributed by atoms with E-state index in [9.17, 15) is 0 Å². The highest BCUT2D eigenvalue weighted by molar-refractivity contribution is 6.07. The Hall–Kier alpha value is -2.69. The van der Waals surface area contributed by atoms with Gasteiger partial charge in [-0.2, -0.15) is 0 Å². The van der Waals surface area contributed by atoms with E-state index in [-0.39, 0.29) is 0 Å². The normalized spacial score (nSPS) is 14.2. The summed E-state index contributed by atoms with van der Waals surface area (Å²) in [6.07, 6.45) is 11.5. The smallest absolute Gasteiger partial charge is 0.0733 e. The molecule has 0 amide bonds. The molecule has 130 valence electrons. The molecule has 5 heteroatoms. The highest BCUT2D eigenvalue weighted by Gasteiger charge is 2.20. The molecule has 0 aromatic carbocycles. The molecule has 0 aliphatic heterocycles. The van der Waals surface area contributed by atoms with Gasteiger partial charge in [-0.3, -0.25) is 9.97 Å². The van der Waals surface area contributed by atoms with Crippen molar-refractivity contribution in [3.8, 4) is 0 Å². The molecular formula is C20H25N5. The molecule has 0 atom stereocenters. The zero-order chi connectivity index (χ0) is 17.5. The van der Waals surface area contributed by atoms with Gasteiger partial charge < -0.3 is 16.0 Å². The second-order valence-corrected chi connectivity index (χ2v) is 6.43. The number of rotatable bonds is 9. The molecule has 0 unspecified atom stereocenters. The average Bonchev–Trinajstić information content (AvgIpc) is 3.47. The third kappa shape index (κ3) is 5.14. The van der Waals surface area contributed by atoms with Crippen LogP contribution in [0.5, 0.6) is 0 Å². The van der Waals surface area contributed by atoms with E-state index in [4.69, 9.17) is 5.41 Å². The van der Waals surface area contributed by atoms with E-state index in [1.165, 1.54) is 19.1 Å². The lowest BCUT2D eigenvalue weighted by Crippen LogP contribution is -2.04. The number of hydrogen-bond acceptors (Lipinski definition) is 5. The third-order valence-electron chi connectivity index (χ3n) is 4.22. The number of nitrogens with one attached hydrogen (secondary N) is 3. The summed E-state index contributed by atoms with van der Waals surface area (Å²) < 4.78 is 0. The molecule has 1 aliphatic carbocycles. The van der Waals surface area contributed by atoms with Crippen LogP contribution < -0.4 is 10.6 Å². The molecular weight excluding hydrogens is 310 g/mol. The topological polar surface area (TPSA) is 73.7 Å². The van der Waals surface area contributed by atoms with E-state index in [0.717, 1.165) is 53.6 Å². The Morgan fingerprint density at radius 2 is 2.12 bits per heavy atom. The molecule has 2 aromatic rings. The van der Waals surface area contributed by atoms with E-state index in [1.807, 2.05) is 42.9 Å². The van der Waals surface area contributed by atoms with Crippen LogP contribution in [0, 0.1) is 11.3 Å². The second kappa shape index (κ2) is 8.42. The van der Waals surface area contributed by atoms with Crippen LogP contribution in [-0.4, -0.2) is 22.7 Å². The highest BCUT2D eigenvalue weighted by atomic mass is 14.9. The molecule has 1 fully saturated rings. The molecule has 0 bridgehead atoms. The van der Waals surface area contributed by atoms with Gasteiger partial charge in [0.25, 0.3) is 0 Å². The first-order valence-electron chi connectivity index (χ1n) is 8.91. The van der Waals surface area contributed by atoms with Gasteiger partial charge in [-0.05, 0) is 49.4 Å². The largest absolute Gasteiger partial charge is 0.384 e. The highest BCUT2D eigenvalue weighted by Crippen LogP contribution is 2.28. The van der Waals surface area contributed by atoms with E-state index < -0.39 is 0 Å². The minimum absolute atomic E-state index is 0.739. The minimum atomic E-state index is 0.739. The fraction of sp³-hybridized carbons (Fsp3) is 0.350. The zero-order valence-corrected chi connectivity index (χ0v) is 14.6. The second-order valence-electron chi connectivity index (χ2n) is 6.43. The SMILES string of the molecule is CCCc1cc(N/C=C(\C=N)c2ccc(NCC3CC3)cn2)ccn1. The van der Waals surface area contributed by atoms with Gasteiger partial charge >= 0.3 is 0 Å². The van der Waals surface area contributed by atoms with Crippen molar-refractivity contribution in [2.24, 2.45) is 5.92 Å². The maximum atomic E-state index is 7.67. The zero-order valence-electron chi connectivity index (χ0n) is 14.6. The van der Waals surface area contributed by atoms with Crippen molar-refractivity contribution in [1.82, 2.24) is 9.97 Å². The van der Waals surface area contributed by atoms with Gasteiger partial charge in [0.2, 0.25) is 0 Å². The summed E-state index contributed by atoms with van der Waals surface area (Å²) >= 11 is 0. The number of nitrogens with zero attached hydrogens (tertiary/aromatic N) is 2. The van der Waals surface area contributed by atoms with Crippen LogP contribution in [0.3, 0.4) is 0 Å². The summed E-state index contributed by atoms with van der Waals surface area (Å²) in [4.78, 5) is 8.83. The Morgan fingerprint density at radius 3 is 2.80 bits per heavy atom. The lowest BCUT2D eigenvalue weighted by molar-refractivity contribution is 0.883. The van der Waals surface area contributed by atoms with Crippen LogP contribution in [0.15, 0.2) is 42.9 Å². The molecule has 3 N–H and O–H groups in total. The number of aryl methyl sites for hydroxylation is 1. The molecule has 5 nitrogen and oxygen atoms in total. The van der Waals surface area contributed by atoms with Gasteiger partial charge in [0.1, 0.15) is 0 Å². The fourth-order valence-corrected chi connectivity index (χ4v) is 2.56. The van der Waals surface area contributed by atoms with Gasteiger partial charge in [0.05, 0.1) is 17.6 Å². The number of pyridine rings is 2. The van der Waals surface area contributed by atoms with Crippen molar-refractivity contribution in [3.05, 3.63) is 54.2 Å². The Kier molecular flexibility index (Phi) is 5.77. The Labute approximate surface area is 149 Å². The predicted molar refractivity (Wildman–Crippen MR) is 104 cm³/mol. The van der Waals surface area contributed by atoms with E-state index >= 15 is 0 Å². The van der Waals surface area contributed by atoms with Crippen molar-refractivity contribution in [2.75, 3.05) is 17.2 Å². The molecule has 3 rings (SSSR count). The van der Waals surface area contributed by atoms with Gasteiger partial charge in [0, 0.05) is 42.1 Å². The van der Waals surface area contributed by atoms with Crippen molar-refractivity contribution >= 4 is 23.2 Å². The molecule has 1 saturated carbocycles. The van der Waals surface area contributed by atoms with Crippen LogP contribution in [0.25, 0.3) is 5.57 Å². The Balaban J connectivity index is 1.65. The number of allylic oxidation sites excluding steroid dienone is 1. The molecule has 25 heavy (non-hydrogen) atoms. The predicted octanol–water partition coefficient (Wildman–Crippen LogP) is 4.35. The summed E-state index contributed by atoms with van der Waals surface area (Å²) in [5.41, 5.74) is 4.60. The molecule has 1 aliphatic rings. The van der Waals surface area contributed by atoms with Crippen molar-refractivity contribution in [2.45, 2.75) is 32.6 Å². The summed E-state index contributed by atoms with van der Waals surface area (Å²) in [7, 11) is 0. The van der Waals surface area contributed by atoms with Gasteiger partial charge in [-0.25, -0.2) is 0 Å². The van der Waals surface area contributed by atoms with Gasteiger partial charge in [0.15, 0.2) is 0 Å². The third-order valence-corrected chi connectivity index (χ3v) is 4.22. The lowest BCUT2D eigenvalue weighted by Gasteiger charge is -2.08. The Morgan fingerprint density at radius 1 is 1.24 bits per heavy atom. The van der Waals surface area contributed by atoms with Crippen molar-refractivity contribution in [3.63, 3.8) is 0 Å². The quantitative estimate of drug-likeness (QED) is 0.596. The minimum Gasteiger partial charge on any atom is -0.384 e. The first-order valence-corrected chi connectivity index (χ1v) is 8.91. The Bertz CT molecular complexity index is 732. The fourth-order valence-electron chi connectivity index (χ4n) is 2.56. The summed E-state index contributed by atoms with van der Waals surface area (Å²) in [5, 5.41) is 14.3. The maximum absolute atomic E-state index is 7.67. The van der Waals surface area contributed by atoms with Gasteiger partial charge in [-0.15, -0.1) is 0 Å². The van der Waals surface area contributed by atoms with Crippen LogP contribution in [0.2, 0.25) is 0 Å². The number of anilines is 2. The summed E-state index contributed by atoms with van der Waals surface area (Å²) in [6, 6.07) is 7.94. The van der Waals surface area contributed by atoms with Crippen LogP contribution >= 0.6 is 0 Å². The first-order chi connectivity index (χ1) is 12.3. The molecule has 2 heterocycles. The van der Waals surface area contributed by atoms with E-state index in [0.29, 0.717) is 0 Å². The van der Waals surface area contributed by atoms with Crippen molar-refractivity contribution in [1.29, 1.82) is 5.41 Å². The summed E-state index contributed by atoms with van der Waals surface area (Å²) in [5.74, 6) is 0.832. The molecule has 0 radical (unpaired) electrons. The van der Waals surface area contributed by atoms with E-state index in [2.05, 4.69) is 27.5 Å². The molecule has 0 saturated heterocycles. The maximum Gasteiger partial charge on any atom is 0.0733 e. The van der Waals surface area contributed by atoms with Crippen LogP contribution in [0.4, 0.5) is 11.4 Å². The number of aromatic nitrogens is 2. The molecule has 0 spiro atoms. The monoisotopic (exact) mass is 335 g/mol. The average molecular weight is 335 g/mol.